The Balaban J connectivity index is 1.37. The third kappa shape index (κ3) is 4.44. The number of cyclic esters (lactones) is 1. The van der Waals surface area contributed by atoms with Gasteiger partial charge in [0.25, 0.3) is 5.91 Å². The van der Waals surface area contributed by atoms with Gasteiger partial charge in [-0.1, -0.05) is 23.2 Å². The second-order valence-electron chi connectivity index (χ2n) is 7.39. The zero-order chi connectivity index (χ0) is 21.3. The molecular formula is C19H22Cl2FN3O5. The average Bonchev–Trinajstić information content (AvgIpc) is 3.33. The second-order valence-corrected chi connectivity index (χ2v) is 8.49. The van der Waals surface area contributed by atoms with Crippen molar-refractivity contribution in [2.45, 2.75) is 29.6 Å². The highest BCUT2D eigenvalue weighted by atomic mass is 35.5. The SMILES string of the molecule is O=C(NC[C@H]1CN(c2ccc(N3CCC4(CC3)OCCO4)c(F)c2)C(=O)O1)C(Cl)Cl. The maximum Gasteiger partial charge on any atom is 0.414 e. The molecule has 3 aliphatic heterocycles. The lowest BCUT2D eigenvalue weighted by molar-refractivity contribution is -0.169. The lowest BCUT2D eigenvalue weighted by atomic mass is 10.0. The topological polar surface area (TPSA) is 80.3 Å². The van der Waals surface area contributed by atoms with E-state index in [1.54, 1.807) is 12.1 Å². The van der Waals surface area contributed by atoms with Gasteiger partial charge in [-0.05, 0) is 18.2 Å². The van der Waals surface area contributed by atoms with Crippen LogP contribution in [0.3, 0.4) is 0 Å². The van der Waals surface area contributed by atoms with E-state index in [9.17, 15) is 14.0 Å². The van der Waals surface area contributed by atoms with Crippen LogP contribution in [0.25, 0.3) is 0 Å². The van der Waals surface area contributed by atoms with Crippen LogP contribution in [-0.4, -0.2) is 68.1 Å². The highest BCUT2D eigenvalue weighted by Crippen LogP contribution is 2.35. The molecule has 3 heterocycles. The molecule has 164 valence electrons. The molecule has 3 saturated heterocycles. The largest absolute Gasteiger partial charge is 0.442 e. The maximum absolute atomic E-state index is 14.9. The first-order chi connectivity index (χ1) is 14.4. The number of carbonyl (C=O) groups excluding carboxylic acids is 2. The van der Waals surface area contributed by atoms with Gasteiger partial charge in [-0.15, -0.1) is 0 Å². The lowest BCUT2D eigenvalue weighted by Crippen LogP contribution is -2.45. The quantitative estimate of drug-likeness (QED) is 0.678. The van der Waals surface area contributed by atoms with Gasteiger partial charge < -0.3 is 24.4 Å². The lowest BCUT2D eigenvalue weighted by Gasteiger charge is -2.38. The van der Waals surface area contributed by atoms with Gasteiger partial charge in [0.05, 0.1) is 37.7 Å². The molecule has 30 heavy (non-hydrogen) atoms. The molecule has 0 aromatic heterocycles. The van der Waals surface area contributed by atoms with Crippen molar-refractivity contribution < 1.29 is 28.2 Å². The number of carbonyl (C=O) groups is 2. The van der Waals surface area contributed by atoms with Crippen molar-refractivity contribution in [3.63, 3.8) is 0 Å². The van der Waals surface area contributed by atoms with Crippen molar-refractivity contribution in [1.29, 1.82) is 0 Å². The maximum atomic E-state index is 14.9. The van der Waals surface area contributed by atoms with Gasteiger partial charge in [0.2, 0.25) is 0 Å². The van der Waals surface area contributed by atoms with Gasteiger partial charge in [-0.25, -0.2) is 9.18 Å². The minimum atomic E-state index is -1.20. The van der Waals surface area contributed by atoms with Gasteiger partial charge in [0.15, 0.2) is 10.6 Å². The number of alkyl halides is 2. The summed E-state index contributed by atoms with van der Waals surface area (Å²) in [5.74, 6) is -1.52. The number of rotatable bonds is 5. The fourth-order valence-electron chi connectivity index (χ4n) is 3.92. The van der Waals surface area contributed by atoms with Crippen molar-refractivity contribution in [3.05, 3.63) is 24.0 Å². The minimum Gasteiger partial charge on any atom is -0.442 e. The number of amides is 2. The van der Waals surface area contributed by atoms with Crippen LogP contribution in [0.4, 0.5) is 20.6 Å². The smallest absolute Gasteiger partial charge is 0.414 e. The number of ether oxygens (including phenoxy) is 3. The molecule has 3 fully saturated rings. The van der Waals surface area contributed by atoms with Crippen molar-refractivity contribution in [2.75, 3.05) is 49.2 Å². The minimum absolute atomic E-state index is 0.0667. The van der Waals surface area contributed by atoms with Crippen LogP contribution in [0, 0.1) is 5.82 Å². The van der Waals surface area contributed by atoms with E-state index in [2.05, 4.69) is 5.32 Å². The van der Waals surface area contributed by atoms with Crippen molar-refractivity contribution in [1.82, 2.24) is 5.32 Å². The highest BCUT2D eigenvalue weighted by molar-refractivity contribution is 6.53. The number of halogens is 3. The van der Waals surface area contributed by atoms with E-state index in [1.807, 2.05) is 4.90 Å². The van der Waals surface area contributed by atoms with E-state index < -0.39 is 34.5 Å². The molecule has 0 aliphatic carbocycles. The Morgan fingerprint density at radius 1 is 1.27 bits per heavy atom. The molecule has 1 spiro atoms. The van der Waals surface area contributed by atoms with E-state index in [1.165, 1.54) is 11.0 Å². The summed E-state index contributed by atoms with van der Waals surface area (Å²) in [6.45, 7) is 2.67. The first-order valence-corrected chi connectivity index (χ1v) is 10.6. The average molecular weight is 462 g/mol. The number of benzene rings is 1. The van der Waals surface area contributed by atoms with Crippen LogP contribution >= 0.6 is 23.2 Å². The Morgan fingerprint density at radius 3 is 2.60 bits per heavy atom. The van der Waals surface area contributed by atoms with Crippen molar-refractivity contribution in [2.24, 2.45) is 0 Å². The summed E-state index contributed by atoms with van der Waals surface area (Å²) in [6, 6.07) is 4.66. The van der Waals surface area contributed by atoms with Crippen LogP contribution in [0.2, 0.25) is 0 Å². The summed E-state index contributed by atoms with van der Waals surface area (Å²) in [6.07, 6.45) is 0.155. The van der Waals surface area contributed by atoms with Gasteiger partial charge in [0.1, 0.15) is 11.9 Å². The molecule has 1 atom stereocenters. The zero-order valence-corrected chi connectivity index (χ0v) is 17.6. The number of hydrogen-bond donors (Lipinski definition) is 1. The molecule has 8 nitrogen and oxygen atoms in total. The fraction of sp³-hybridized carbons (Fsp3) is 0.579. The van der Waals surface area contributed by atoms with Gasteiger partial charge in [-0.3, -0.25) is 9.69 Å². The number of hydrogen-bond acceptors (Lipinski definition) is 6. The molecule has 1 aromatic carbocycles. The Bertz CT molecular complexity index is 811. The molecule has 1 N–H and O–H groups in total. The first-order valence-electron chi connectivity index (χ1n) is 9.73. The number of nitrogens with one attached hydrogen (secondary N) is 1. The van der Waals surface area contributed by atoms with Crippen LogP contribution in [-0.2, 0) is 19.0 Å². The monoisotopic (exact) mass is 461 g/mol. The van der Waals surface area contributed by atoms with Crippen LogP contribution < -0.4 is 15.1 Å². The summed E-state index contributed by atoms with van der Waals surface area (Å²) in [7, 11) is 0. The third-order valence-electron chi connectivity index (χ3n) is 5.50. The van der Waals surface area contributed by atoms with Crippen LogP contribution in [0.15, 0.2) is 18.2 Å². The fourth-order valence-corrected chi connectivity index (χ4v) is 4.08. The highest BCUT2D eigenvalue weighted by Gasteiger charge is 2.40. The third-order valence-corrected chi connectivity index (χ3v) is 5.90. The molecule has 11 heteroatoms. The van der Waals surface area contributed by atoms with Crippen LogP contribution in [0.1, 0.15) is 12.8 Å². The Labute approximate surface area is 183 Å². The molecule has 0 radical (unpaired) electrons. The molecule has 4 rings (SSSR count). The molecule has 3 aliphatic rings. The van der Waals surface area contributed by atoms with Crippen LogP contribution in [0.5, 0.6) is 0 Å². The Morgan fingerprint density at radius 2 is 1.97 bits per heavy atom. The molecule has 0 bridgehead atoms. The van der Waals surface area contributed by atoms with E-state index in [0.29, 0.717) is 50.5 Å². The van der Waals surface area contributed by atoms with Gasteiger partial charge in [-0.2, -0.15) is 0 Å². The first kappa shape index (κ1) is 21.4. The van der Waals surface area contributed by atoms with E-state index in [4.69, 9.17) is 37.4 Å². The predicted octanol–water partition coefficient (Wildman–Crippen LogP) is 2.41. The number of anilines is 2. The van der Waals surface area contributed by atoms with Gasteiger partial charge in [0, 0.05) is 25.9 Å². The molecular weight excluding hydrogens is 440 g/mol. The summed E-state index contributed by atoms with van der Waals surface area (Å²) in [5.41, 5.74) is 0.858. The zero-order valence-electron chi connectivity index (χ0n) is 16.1. The standard InChI is InChI=1S/C19H22Cl2FN3O5/c20-16(21)17(26)23-10-13-11-25(18(27)30-13)12-1-2-15(14(22)9-12)24-5-3-19(4-6-24)28-7-8-29-19/h1-2,9,13,16H,3-8,10-11H2,(H,23,26)/t13-/m0/s1. The molecule has 2 amide bonds. The van der Waals surface area contributed by atoms with Crippen molar-refractivity contribution >= 4 is 46.6 Å². The Hall–Kier alpha value is -1.81. The van der Waals surface area contributed by atoms with E-state index in [0.717, 1.165) is 0 Å². The predicted molar refractivity (Wildman–Crippen MR) is 109 cm³/mol. The normalized spacial score (nSPS) is 23.3. The Kier molecular flexibility index (Phi) is 6.24. The summed E-state index contributed by atoms with van der Waals surface area (Å²) in [5, 5.41) is 2.49. The van der Waals surface area contributed by atoms with Gasteiger partial charge >= 0.3 is 6.09 Å². The number of nitrogens with zero attached hydrogens (tertiary/aromatic N) is 2. The second kappa shape index (κ2) is 8.74. The van der Waals surface area contributed by atoms with E-state index >= 15 is 0 Å². The summed E-state index contributed by atoms with van der Waals surface area (Å²) >= 11 is 10.9. The summed E-state index contributed by atoms with van der Waals surface area (Å²) < 4.78 is 31.5. The molecule has 0 unspecified atom stereocenters. The van der Waals surface area contributed by atoms with E-state index in [-0.39, 0.29) is 13.1 Å². The summed E-state index contributed by atoms with van der Waals surface area (Å²) in [4.78, 5) is 25.7. The molecule has 0 saturated carbocycles. The van der Waals surface area contributed by atoms with Crippen molar-refractivity contribution in [3.8, 4) is 0 Å². The molecule has 1 aromatic rings. The number of piperidine rings is 1.